The fraction of sp³-hybridized carbons (Fsp3) is 0.800. The van der Waals surface area contributed by atoms with Crippen molar-refractivity contribution >= 4 is 35.1 Å². The van der Waals surface area contributed by atoms with Crippen molar-refractivity contribution in [2.75, 3.05) is 25.0 Å². The van der Waals surface area contributed by atoms with E-state index in [1.165, 1.54) is 0 Å². The van der Waals surface area contributed by atoms with Crippen molar-refractivity contribution < 1.29 is 29.3 Å². The first-order valence-electron chi connectivity index (χ1n) is 5.28. The Morgan fingerprint density at radius 3 is 1.50 bits per heavy atom. The number of hydrogen-bond acceptors (Lipinski definition) is 6. The van der Waals surface area contributed by atoms with Crippen molar-refractivity contribution in [3.8, 4) is 0 Å². The van der Waals surface area contributed by atoms with E-state index in [2.05, 4.69) is 9.47 Å². The number of carbonyl (C=O) groups is 2. The zero-order valence-electron chi connectivity index (χ0n) is 9.68. The molecule has 6 nitrogen and oxygen atoms in total. The molecule has 0 saturated carbocycles. The summed E-state index contributed by atoms with van der Waals surface area (Å²) in [5, 5.41) is 18.0. The van der Waals surface area contributed by atoms with Crippen LogP contribution in [0, 0.1) is 0 Å². The zero-order chi connectivity index (χ0) is 14.0. The monoisotopic (exact) mass is 302 g/mol. The number of hydrogen-bond donors (Lipinski definition) is 2. The minimum atomic E-state index is -0.915. The predicted octanol–water partition coefficient (Wildman–Crippen LogP) is 0.0524. The van der Waals surface area contributed by atoms with Crippen LogP contribution in [-0.4, -0.2) is 59.3 Å². The molecule has 18 heavy (non-hydrogen) atoms. The Labute approximate surface area is 115 Å². The highest BCUT2D eigenvalue weighted by Crippen LogP contribution is 1.99. The van der Waals surface area contributed by atoms with Crippen LogP contribution in [0.1, 0.15) is 12.8 Å². The highest BCUT2D eigenvalue weighted by molar-refractivity contribution is 6.18. The van der Waals surface area contributed by atoms with Gasteiger partial charge in [0.15, 0.2) is 0 Å². The number of rotatable bonds is 9. The van der Waals surface area contributed by atoms with Gasteiger partial charge >= 0.3 is 11.9 Å². The number of alkyl halides is 2. The van der Waals surface area contributed by atoms with Gasteiger partial charge in [-0.05, 0) is 0 Å². The van der Waals surface area contributed by atoms with Crippen molar-refractivity contribution in [2.24, 2.45) is 0 Å². The van der Waals surface area contributed by atoms with Crippen LogP contribution >= 0.6 is 23.2 Å². The van der Waals surface area contributed by atoms with Crippen molar-refractivity contribution in [1.29, 1.82) is 0 Å². The van der Waals surface area contributed by atoms with E-state index in [4.69, 9.17) is 33.4 Å². The Morgan fingerprint density at radius 2 is 1.22 bits per heavy atom. The number of carbonyl (C=O) groups excluding carboxylic acids is 2. The van der Waals surface area contributed by atoms with E-state index in [0.717, 1.165) is 0 Å². The van der Waals surface area contributed by atoms with Crippen LogP contribution in [0.4, 0.5) is 0 Å². The maximum atomic E-state index is 11.1. The van der Waals surface area contributed by atoms with Gasteiger partial charge in [-0.2, -0.15) is 0 Å². The second kappa shape index (κ2) is 10.4. The number of halogens is 2. The van der Waals surface area contributed by atoms with Crippen LogP contribution < -0.4 is 0 Å². The van der Waals surface area contributed by atoms with Gasteiger partial charge in [0.25, 0.3) is 0 Å². The van der Waals surface area contributed by atoms with Crippen LogP contribution in [0.3, 0.4) is 0 Å². The van der Waals surface area contributed by atoms with E-state index >= 15 is 0 Å². The Morgan fingerprint density at radius 1 is 0.889 bits per heavy atom. The summed E-state index contributed by atoms with van der Waals surface area (Å²) in [4.78, 5) is 22.2. The van der Waals surface area contributed by atoms with Gasteiger partial charge in [0.05, 0.1) is 24.6 Å². The van der Waals surface area contributed by atoms with Crippen molar-refractivity contribution in [3.63, 3.8) is 0 Å². The normalized spacial score (nSPS) is 13.8. The van der Waals surface area contributed by atoms with Crippen molar-refractivity contribution in [1.82, 2.24) is 0 Å². The quantitative estimate of drug-likeness (QED) is 0.462. The molecule has 0 aromatic carbocycles. The van der Waals surface area contributed by atoms with Gasteiger partial charge in [-0.25, -0.2) is 0 Å². The van der Waals surface area contributed by atoms with Gasteiger partial charge in [0.1, 0.15) is 25.4 Å². The zero-order valence-corrected chi connectivity index (χ0v) is 11.2. The lowest BCUT2D eigenvalue weighted by Crippen LogP contribution is -2.22. The molecule has 0 amide bonds. The molecular weight excluding hydrogens is 287 g/mol. The van der Waals surface area contributed by atoms with Gasteiger partial charge in [-0.3, -0.25) is 9.59 Å². The standard InChI is InChI=1S/C10H16Cl2O6/c11-3-7(13)5-17-9(15)1-2-10(16)18-6-8(14)4-12/h7-8,13-14H,1-6H2. The molecule has 0 aliphatic rings. The van der Waals surface area contributed by atoms with Gasteiger partial charge < -0.3 is 19.7 Å². The van der Waals surface area contributed by atoms with E-state index in [1.807, 2.05) is 0 Å². The lowest BCUT2D eigenvalue weighted by Gasteiger charge is -2.09. The van der Waals surface area contributed by atoms with Crippen LogP contribution in [0.15, 0.2) is 0 Å². The maximum absolute atomic E-state index is 11.1. The number of aliphatic hydroxyl groups excluding tert-OH is 2. The largest absolute Gasteiger partial charge is 0.463 e. The third kappa shape index (κ3) is 9.47. The lowest BCUT2D eigenvalue weighted by molar-refractivity contribution is -0.152. The van der Waals surface area contributed by atoms with E-state index in [0.29, 0.717) is 0 Å². The maximum Gasteiger partial charge on any atom is 0.306 e. The molecule has 8 heteroatoms. The first kappa shape index (κ1) is 17.4. The molecular formula is C10H16Cl2O6. The molecule has 0 aliphatic carbocycles. The SMILES string of the molecule is O=C(CCC(=O)OCC(O)CCl)OCC(O)CCl. The predicted molar refractivity (Wildman–Crippen MR) is 64.6 cm³/mol. The highest BCUT2D eigenvalue weighted by Gasteiger charge is 2.12. The number of ether oxygens (including phenoxy) is 2. The summed E-state index contributed by atoms with van der Waals surface area (Å²) in [6.07, 6.45) is -2.15. The molecule has 0 bridgehead atoms. The molecule has 0 aliphatic heterocycles. The third-order valence-electron chi connectivity index (χ3n) is 1.76. The summed E-state index contributed by atoms with van der Waals surface area (Å²) < 4.78 is 9.28. The summed E-state index contributed by atoms with van der Waals surface area (Å²) in [5.41, 5.74) is 0. The molecule has 2 unspecified atom stereocenters. The molecule has 0 saturated heterocycles. The smallest absolute Gasteiger partial charge is 0.306 e. The van der Waals surface area contributed by atoms with Gasteiger partial charge in [-0.15, -0.1) is 23.2 Å². The molecule has 0 spiro atoms. The van der Waals surface area contributed by atoms with Gasteiger partial charge in [-0.1, -0.05) is 0 Å². The Balaban J connectivity index is 3.62. The minimum Gasteiger partial charge on any atom is -0.463 e. The van der Waals surface area contributed by atoms with Crippen molar-refractivity contribution in [2.45, 2.75) is 25.0 Å². The number of aliphatic hydroxyl groups is 2. The third-order valence-corrected chi connectivity index (χ3v) is 2.48. The summed E-state index contributed by atoms with van der Waals surface area (Å²) in [7, 11) is 0. The van der Waals surface area contributed by atoms with Crippen LogP contribution in [0.5, 0.6) is 0 Å². The van der Waals surface area contributed by atoms with Crippen LogP contribution in [0.2, 0.25) is 0 Å². The topological polar surface area (TPSA) is 93.1 Å². The first-order valence-corrected chi connectivity index (χ1v) is 6.35. The Kier molecular flexibility index (Phi) is 10.0. The fourth-order valence-electron chi connectivity index (χ4n) is 0.816. The molecule has 2 N–H and O–H groups in total. The van der Waals surface area contributed by atoms with Gasteiger partial charge in [0.2, 0.25) is 0 Å². The lowest BCUT2D eigenvalue weighted by atomic mass is 10.3. The number of esters is 2. The Bertz CT molecular complexity index is 235. The van der Waals surface area contributed by atoms with E-state index in [-0.39, 0.29) is 37.8 Å². The molecule has 0 aromatic heterocycles. The molecule has 0 aromatic rings. The summed E-state index contributed by atoms with van der Waals surface area (Å²) >= 11 is 10.6. The average Bonchev–Trinajstić information content (AvgIpc) is 2.39. The summed E-state index contributed by atoms with van der Waals surface area (Å²) in [6, 6.07) is 0. The van der Waals surface area contributed by atoms with E-state index in [1.54, 1.807) is 0 Å². The molecule has 106 valence electrons. The fourth-order valence-corrected chi connectivity index (χ4v) is 0.994. The molecule has 0 heterocycles. The Hall–Kier alpha value is -0.560. The van der Waals surface area contributed by atoms with Gasteiger partial charge in [0, 0.05) is 0 Å². The second-order valence-corrected chi connectivity index (χ2v) is 4.10. The minimum absolute atomic E-state index is 0.0361. The van der Waals surface area contributed by atoms with Crippen LogP contribution in [-0.2, 0) is 19.1 Å². The summed E-state index contributed by atoms with van der Waals surface area (Å²) in [6.45, 7) is -0.412. The first-order chi connectivity index (χ1) is 8.49. The molecule has 0 fully saturated rings. The molecule has 2 atom stereocenters. The average molecular weight is 303 g/mol. The second-order valence-electron chi connectivity index (χ2n) is 3.48. The van der Waals surface area contributed by atoms with E-state index < -0.39 is 24.1 Å². The van der Waals surface area contributed by atoms with Crippen molar-refractivity contribution in [3.05, 3.63) is 0 Å². The summed E-state index contributed by atoms with van der Waals surface area (Å²) in [5.74, 6) is -1.33. The van der Waals surface area contributed by atoms with Crippen LogP contribution in [0.25, 0.3) is 0 Å². The highest BCUT2D eigenvalue weighted by atomic mass is 35.5. The molecule has 0 radical (unpaired) electrons. The molecule has 0 rings (SSSR count). The van der Waals surface area contributed by atoms with E-state index in [9.17, 15) is 9.59 Å².